The average Bonchev–Trinajstić information content (AvgIpc) is 2.42. The zero-order valence-electron chi connectivity index (χ0n) is 11.7. The number of nitrogens with zero attached hydrogens (tertiary/aromatic N) is 1. The molecular formula is C17H23NO. The second-order valence-electron chi connectivity index (χ2n) is 5.03. The third-order valence-electron chi connectivity index (χ3n) is 3.51. The molecule has 1 heterocycles. The number of benzene rings is 1. The van der Waals surface area contributed by atoms with Gasteiger partial charge in [-0.2, -0.15) is 0 Å². The van der Waals surface area contributed by atoms with Crippen LogP contribution >= 0.6 is 0 Å². The number of ether oxygens (including phenoxy) is 1. The largest absolute Gasteiger partial charge is 0.484 e. The summed E-state index contributed by atoms with van der Waals surface area (Å²) in [4.78, 5) is 4.73. The summed E-state index contributed by atoms with van der Waals surface area (Å²) in [6.45, 7) is 0. The van der Waals surface area contributed by atoms with Gasteiger partial charge < -0.3 is 4.74 Å². The Hall–Kier alpha value is -1.57. The molecule has 2 rings (SSSR count). The van der Waals surface area contributed by atoms with Crippen molar-refractivity contribution in [2.75, 3.05) is 7.11 Å². The van der Waals surface area contributed by atoms with E-state index < -0.39 is 0 Å². The van der Waals surface area contributed by atoms with Gasteiger partial charge in [-0.15, -0.1) is 0 Å². The second kappa shape index (κ2) is 7.78. The van der Waals surface area contributed by atoms with Gasteiger partial charge in [0.25, 0.3) is 0 Å². The molecule has 0 radical (unpaired) electrons. The third-order valence-corrected chi connectivity index (χ3v) is 3.51. The van der Waals surface area contributed by atoms with Crippen molar-refractivity contribution < 1.29 is 4.74 Å². The monoisotopic (exact) mass is 257 g/mol. The molecular weight excluding hydrogens is 234 g/mol. The van der Waals surface area contributed by atoms with Crippen LogP contribution in [-0.2, 0) is 4.74 Å². The van der Waals surface area contributed by atoms with Gasteiger partial charge in [-0.1, -0.05) is 55.3 Å². The van der Waals surface area contributed by atoms with E-state index in [0.717, 1.165) is 18.7 Å². The number of hydrogen-bond donors (Lipinski definition) is 0. The summed E-state index contributed by atoms with van der Waals surface area (Å²) in [6.07, 6.45) is 11.4. The summed E-state index contributed by atoms with van der Waals surface area (Å²) in [6, 6.07) is 10.8. The lowest BCUT2D eigenvalue weighted by atomic mass is 10.0. The van der Waals surface area contributed by atoms with E-state index >= 15 is 0 Å². The normalized spacial score (nSPS) is 20.7. The molecule has 2 nitrogen and oxygen atoms in total. The second-order valence-corrected chi connectivity index (χ2v) is 5.03. The van der Waals surface area contributed by atoms with Gasteiger partial charge in [0, 0.05) is 6.42 Å². The Balaban J connectivity index is 1.93. The van der Waals surface area contributed by atoms with Crippen molar-refractivity contribution in [2.24, 2.45) is 4.99 Å². The minimum absolute atomic E-state index is 0.384. The SMILES string of the molecule is COC1=NC(CC=Cc2ccccc2)CCCCC1. The van der Waals surface area contributed by atoms with E-state index in [9.17, 15) is 0 Å². The Kier molecular flexibility index (Phi) is 5.67. The molecule has 0 fully saturated rings. The number of methoxy groups -OCH3 is 1. The van der Waals surface area contributed by atoms with Crippen molar-refractivity contribution in [1.29, 1.82) is 0 Å². The molecule has 1 atom stereocenters. The fraction of sp³-hybridized carbons (Fsp3) is 0.471. The van der Waals surface area contributed by atoms with Crippen LogP contribution in [-0.4, -0.2) is 19.0 Å². The summed E-state index contributed by atoms with van der Waals surface area (Å²) in [7, 11) is 1.73. The lowest BCUT2D eigenvalue weighted by Crippen LogP contribution is -2.13. The lowest BCUT2D eigenvalue weighted by Gasteiger charge is -2.16. The maximum Gasteiger partial charge on any atom is 0.183 e. The van der Waals surface area contributed by atoms with E-state index in [-0.39, 0.29) is 0 Å². The first-order valence-electron chi connectivity index (χ1n) is 7.21. The van der Waals surface area contributed by atoms with Gasteiger partial charge in [0.15, 0.2) is 5.90 Å². The predicted molar refractivity (Wildman–Crippen MR) is 81.4 cm³/mol. The number of rotatable bonds is 3. The highest BCUT2D eigenvalue weighted by atomic mass is 16.5. The first kappa shape index (κ1) is 13.9. The van der Waals surface area contributed by atoms with Gasteiger partial charge in [0.1, 0.15) is 0 Å². The zero-order chi connectivity index (χ0) is 13.3. The first-order chi connectivity index (χ1) is 9.38. The molecule has 0 bridgehead atoms. The highest BCUT2D eigenvalue weighted by Crippen LogP contribution is 2.17. The van der Waals surface area contributed by atoms with E-state index in [1.165, 1.54) is 31.2 Å². The van der Waals surface area contributed by atoms with Crippen LogP contribution in [0.2, 0.25) is 0 Å². The minimum atomic E-state index is 0.384. The Bertz CT molecular complexity index is 422. The Morgan fingerprint density at radius 1 is 1.21 bits per heavy atom. The van der Waals surface area contributed by atoms with Crippen LogP contribution in [0.3, 0.4) is 0 Å². The van der Waals surface area contributed by atoms with Gasteiger partial charge in [-0.3, -0.25) is 4.99 Å². The molecule has 1 aromatic carbocycles. The molecule has 19 heavy (non-hydrogen) atoms. The molecule has 0 aromatic heterocycles. The highest BCUT2D eigenvalue weighted by Gasteiger charge is 2.11. The Morgan fingerprint density at radius 3 is 2.84 bits per heavy atom. The molecule has 0 spiro atoms. The summed E-state index contributed by atoms with van der Waals surface area (Å²) in [5.41, 5.74) is 1.25. The molecule has 1 aliphatic heterocycles. The summed E-state index contributed by atoms with van der Waals surface area (Å²) in [5.74, 6) is 0.929. The standard InChI is InChI=1S/C17H23NO/c1-19-17-14-7-3-6-12-16(18-17)13-8-11-15-9-4-2-5-10-15/h2,4-5,8-11,16H,3,6-7,12-14H2,1H3. The lowest BCUT2D eigenvalue weighted by molar-refractivity contribution is 0.372. The molecule has 1 aromatic rings. The maximum atomic E-state index is 5.35. The molecule has 1 unspecified atom stereocenters. The van der Waals surface area contributed by atoms with Crippen molar-refractivity contribution in [2.45, 2.75) is 44.6 Å². The van der Waals surface area contributed by atoms with Crippen LogP contribution in [0.25, 0.3) is 6.08 Å². The van der Waals surface area contributed by atoms with Crippen LogP contribution in [0, 0.1) is 0 Å². The maximum absolute atomic E-state index is 5.35. The first-order valence-corrected chi connectivity index (χ1v) is 7.21. The number of aliphatic imine (C=N–C) groups is 1. The van der Waals surface area contributed by atoms with E-state index in [1.54, 1.807) is 7.11 Å². The molecule has 1 aliphatic rings. The van der Waals surface area contributed by atoms with Crippen LogP contribution in [0.1, 0.15) is 44.1 Å². The molecule has 2 heteroatoms. The quantitative estimate of drug-likeness (QED) is 0.783. The summed E-state index contributed by atoms with van der Waals surface area (Å²) >= 11 is 0. The van der Waals surface area contributed by atoms with Gasteiger partial charge >= 0.3 is 0 Å². The number of hydrogen-bond acceptors (Lipinski definition) is 2. The van der Waals surface area contributed by atoms with Gasteiger partial charge in [-0.25, -0.2) is 0 Å². The Morgan fingerprint density at radius 2 is 2.05 bits per heavy atom. The topological polar surface area (TPSA) is 21.6 Å². The summed E-state index contributed by atoms with van der Waals surface area (Å²) < 4.78 is 5.35. The third kappa shape index (κ3) is 4.90. The van der Waals surface area contributed by atoms with Crippen molar-refractivity contribution in [3.8, 4) is 0 Å². The van der Waals surface area contributed by atoms with Crippen molar-refractivity contribution >= 4 is 12.0 Å². The molecule has 0 amide bonds. The molecule has 0 aliphatic carbocycles. The van der Waals surface area contributed by atoms with Crippen LogP contribution < -0.4 is 0 Å². The fourth-order valence-electron chi connectivity index (χ4n) is 2.42. The average molecular weight is 257 g/mol. The van der Waals surface area contributed by atoms with E-state index in [4.69, 9.17) is 9.73 Å². The van der Waals surface area contributed by atoms with Crippen molar-refractivity contribution in [3.63, 3.8) is 0 Å². The van der Waals surface area contributed by atoms with E-state index in [1.807, 2.05) is 6.07 Å². The predicted octanol–water partition coefficient (Wildman–Crippen LogP) is 4.47. The van der Waals surface area contributed by atoms with Crippen LogP contribution in [0.15, 0.2) is 41.4 Å². The van der Waals surface area contributed by atoms with Gasteiger partial charge in [0.05, 0.1) is 13.2 Å². The molecule has 102 valence electrons. The zero-order valence-corrected chi connectivity index (χ0v) is 11.7. The van der Waals surface area contributed by atoms with Crippen molar-refractivity contribution in [1.82, 2.24) is 0 Å². The Labute approximate surface area is 116 Å². The van der Waals surface area contributed by atoms with Gasteiger partial charge in [-0.05, 0) is 24.8 Å². The fourth-order valence-corrected chi connectivity index (χ4v) is 2.42. The van der Waals surface area contributed by atoms with E-state index in [0.29, 0.717) is 6.04 Å². The van der Waals surface area contributed by atoms with E-state index in [2.05, 4.69) is 36.4 Å². The minimum Gasteiger partial charge on any atom is -0.484 e. The molecule has 0 N–H and O–H groups in total. The van der Waals surface area contributed by atoms with Gasteiger partial charge in [0.2, 0.25) is 0 Å². The van der Waals surface area contributed by atoms with Crippen LogP contribution in [0.4, 0.5) is 0 Å². The molecule has 0 saturated carbocycles. The van der Waals surface area contributed by atoms with Crippen LogP contribution in [0.5, 0.6) is 0 Å². The van der Waals surface area contributed by atoms with Crippen molar-refractivity contribution in [3.05, 3.63) is 42.0 Å². The molecule has 0 saturated heterocycles. The summed E-state index contributed by atoms with van der Waals surface area (Å²) in [5, 5.41) is 0. The highest BCUT2D eigenvalue weighted by molar-refractivity contribution is 5.76. The smallest absolute Gasteiger partial charge is 0.183 e.